The van der Waals surface area contributed by atoms with E-state index in [0.717, 1.165) is 9.78 Å². The van der Waals surface area contributed by atoms with E-state index in [4.69, 9.17) is 12.2 Å². The summed E-state index contributed by atoms with van der Waals surface area (Å²) in [5.41, 5.74) is 1.28. The van der Waals surface area contributed by atoms with Crippen LogP contribution in [0.5, 0.6) is 0 Å². The Bertz CT molecular complexity index is 598. The van der Waals surface area contributed by atoms with Crippen LogP contribution in [-0.2, 0) is 5.41 Å². The molecular weight excluding hydrogens is 262 g/mol. The molecule has 2 heterocycles. The van der Waals surface area contributed by atoms with Gasteiger partial charge in [0.2, 0.25) is 0 Å². The normalized spacial score (nSPS) is 13.8. The van der Waals surface area contributed by atoms with E-state index >= 15 is 0 Å². The highest BCUT2D eigenvalue weighted by molar-refractivity contribution is 7.71. The molecule has 0 aliphatic carbocycles. The first-order valence-corrected chi connectivity index (χ1v) is 7.26. The number of aromatic nitrogens is 3. The molecule has 0 saturated heterocycles. The fourth-order valence-electron chi connectivity index (χ4n) is 2.02. The van der Waals surface area contributed by atoms with Crippen LogP contribution in [0.3, 0.4) is 0 Å². The second-order valence-corrected chi connectivity index (χ2v) is 7.24. The lowest BCUT2D eigenvalue weighted by Crippen LogP contribution is -2.20. The molecule has 5 heteroatoms. The summed E-state index contributed by atoms with van der Waals surface area (Å²) < 4.78 is 2.94. The Morgan fingerprint density at radius 1 is 1.44 bits per heavy atom. The average molecular weight is 281 g/mol. The summed E-state index contributed by atoms with van der Waals surface area (Å²) in [4.78, 5) is 8.86. The Hall–Kier alpha value is -0.940. The zero-order valence-electron chi connectivity index (χ0n) is 11.4. The van der Waals surface area contributed by atoms with Gasteiger partial charge in [-0.15, -0.1) is 11.3 Å². The summed E-state index contributed by atoms with van der Waals surface area (Å²) in [7, 11) is 0. The van der Waals surface area contributed by atoms with Crippen molar-refractivity contribution < 1.29 is 0 Å². The van der Waals surface area contributed by atoms with Crippen molar-refractivity contribution in [2.24, 2.45) is 0 Å². The molecule has 0 bridgehead atoms. The number of nitrogens with zero attached hydrogens (tertiary/aromatic N) is 2. The number of hydrogen-bond acceptors (Lipinski definition) is 3. The van der Waals surface area contributed by atoms with Crippen LogP contribution in [-0.4, -0.2) is 14.5 Å². The van der Waals surface area contributed by atoms with Crippen molar-refractivity contribution in [2.45, 2.75) is 46.1 Å². The highest BCUT2D eigenvalue weighted by Crippen LogP contribution is 2.29. The van der Waals surface area contributed by atoms with Gasteiger partial charge in [0.1, 0.15) is 5.01 Å². The Balaban J connectivity index is 2.51. The lowest BCUT2D eigenvalue weighted by atomic mass is 9.92. The maximum atomic E-state index is 5.41. The number of aromatic amines is 1. The number of hydrogen-bond donors (Lipinski definition) is 1. The van der Waals surface area contributed by atoms with Gasteiger partial charge >= 0.3 is 0 Å². The van der Waals surface area contributed by atoms with Gasteiger partial charge in [-0.1, -0.05) is 20.8 Å². The predicted molar refractivity (Wildman–Crippen MR) is 79.0 cm³/mol. The Kier molecular flexibility index (Phi) is 3.47. The van der Waals surface area contributed by atoms with Crippen molar-refractivity contribution in [2.75, 3.05) is 0 Å². The van der Waals surface area contributed by atoms with Gasteiger partial charge in [-0.05, 0) is 26.1 Å². The van der Waals surface area contributed by atoms with E-state index in [1.807, 2.05) is 12.4 Å². The molecule has 1 N–H and O–H groups in total. The smallest absolute Gasteiger partial charge is 0.178 e. The minimum Gasteiger partial charge on any atom is -0.337 e. The molecule has 1 atom stereocenters. The molecule has 18 heavy (non-hydrogen) atoms. The molecule has 0 amide bonds. The quantitative estimate of drug-likeness (QED) is 0.836. The summed E-state index contributed by atoms with van der Waals surface area (Å²) in [6, 6.07) is 0.177. The number of nitrogens with one attached hydrogen (secondary N) is 1. The molecule has 0 radical (unpaired) electrons. The predicted octanol–water partition coefficient (Wildman–Crippen LogP) is 4.22. The van der Waals surface area contributed by atoms with E-state index in [2.05, 4.69) is 49.2 Å². The summed E-state index contributed by atoms with van der Waals surface area (Å²) in [6.07, 6.45) is 3.93. The number of thiazole rings is 1. The van der Waals surface area contributed by atoms with Crippen molar-refractivity contribution in [3.05, 3.63) is 32.7 Å². The van der Waals surface area contributed by atoms with Crippen LogP contribution in [0.4, 0.5) is 0 Å². The fraction of sp³-hybridized carbons (Fsp3) is 0.538. The van der Waals surface area contributed by atoms with Crippen molar-refractivity contribution >= 4 is 23.6 Å². The van der Waals surface area contributed by atoms with Gasteiger partial charge < -0.3 is 9.55 Å². The van der Waals surface area contributed by atoms with Crippen LogP contribution in [0, 0.1) is 11.7 Å². The Labute approximate surface area is 117 Å². The van der Waals surface area contributed by atoms with Gasteiger partial charge in [-0.2, -0.15) is 0 Å². The summed E-state index contributed by atoms with van der Waals surface area (Å²) in [5, 5.41) is 1.11. The molecule has 0 saturated carbocycles. The van der Waals surface area contributed by atoms with E-state index in [9.17, 15) is 0 Å². The number of imidazole rings is 1. The minimum atomic E-state index is 0.0636. The number of rotatable bonds is 2. The molecule has 0 spiro atoms. The van der Waals surface area contributed by atoms with Crippen molar-refractivity contribution in [1.29, 1.82) is 0 Å². The zero-order valence-corrected chi connectivity index (χ0v) is 13.1. The van der Waals surface area contributed by atoms with E-state index < -0.39 is 0 Å². The van der Waals surface area contributed by atoms with Gasteiger partial charge in [0.15, 0.2) is 4.77 Å². The molecular formula is C13H19N3S2. The molecule has 2 aromatic rings. The van der Waals surface area contributed by atoms with Crippen molar-refractivity contribution in [1.82, 2.24) is 14.5 Å². The highest BCUT2D eigenvalue weighted by atomic mass is 32.1. The molecule has 98 valence electrons. The first-order chi connectivity index (χ1) is 8.30. The molecule has 0 aliphatic rings. The van der Waals surface area contributed by atoms with Crippen molar-refractivity contribution in [3.8, 4) is 0 Å². The first-order valence-electron chi connectivity index (χ1n) is 6.03. The molecule has 0 aromatic carbocycles. The molecule has 1 unspecified atom stereocenters. The maximum absolute atomic E-state index is 5.41. The lowest BCUT2D eigenvalue weighted by molar-refractivity contribution is 0.494. The largest absolute Gasteiger partial charge is 0.337 e. The topological polar surface area (TPSA) is 33.6 Å². The van der Waals surface area contributed by atoms with E-state index in [1.54, 1.807) is 11.3 Å². The highest BCUT2D eigenvalue weighted by Gasteiger charge is 2.23. The third kappa shape index (κ3) is 2.42. The van der Waals surface area contributed by atoms with Crippen LogP contribution in [0.1, 0.15) is 49.3 Å². The van der Waals surface area contributed by atoms with E-state index in [-0.39, 0.29) is 11.5 Å². The SMILES string of the molecule is Cc1cnc(C(C)n2c(C(C)(C)C)c[nH]c2=S)s1. The van der Waals surface area contributed by atoms with Gasteiger partial charge in [-0.3, -0.25) is 0 Å². The van der Waals surface area contributed by atoms with E-state index in [0.29, 0.717) is 0 Å². The standard InChI is InChI=1S/C13H19N3S2/c1-8-6-14-11(18-8)9(2)16-10(13(3,4)5)7-15-12(16)17/h6-7,9H,1-5H3,(H,15,17). The zero-order chi connectivity index (χ0) is 13.5. The van der Waals surface area contributed by atoms with Crippen molar-refractivity contribution in [3.63, 3.8) is 0 Å². The van der Waals surface area contributed by atoms with Crippen LogP contribution >= 0.6 is 23.6 Å². The van der Waals surface area contributed by atoms with Crippen LogP contribution in [0.25, 0.3) is 0 Å². The van der Waals surface area contributed by atoms with Crippen LogP contribution < -0.4 is 0 Å². The lowest BCUT2D eigenvalue weighted by Gasteiger charge is -2.23. The van der Waals surface area contributed by atoms with Gasteiger partial charge in [0, 0.05) is 28.4 Å². The monoisotopic (exact) mass is 281 g/mol. The molecule has 2 rings (SSSR count). The number of aryl methyl sites for hydroxylation is 1. The Morgan fingerprint density at radius 2 is 2.11 bits per heavy atom. The third-order valence-electron chi connectivity index (χ3n) is 2.96. The van der Waals surface area contributed by atoms with Gasteiger partial charge in [0.05, 0.1) is 6.04 Å². The number of H-pyrrole nitrogens is 1. The third-order valence-corrected chi connectivity index (χ3v) is 4.36. The van der Waals surface area contributed by atoms with Crippen LogP contribution in [0.15, 0.2) is 12.4 Å². The second kappa shape index (κ2) is 4.63. The molecule has 0 aliphatic heterocycles. The second-order valence-electron chi connectivity index (χ2n) is 5.58. The summed E-state index contributed by atoms with van der Waals surface area (Å²) in [5.74, 6) is 0. The average Bonchev–Trinajstić information content (AvgIpc) is 2.82. The van der Waals surface area contributed by atoms with Gasteiger partial charge in [-0.25, -0.2) is 4.98 Å². The first kappa shape index (κ1) is 13.5. The molecule has 3 nitrogen and oxygen atoms in total. The maximum Gasteiger partial charge on any atom is 0.178 e. The van der Waals surface area contributed by atoms with Gasteiger partial charge in [0.25, 0.3) is 0 Å². The Morgan fingerprint density at radius 3 is 2.61 bits per heavy atom. The molecule has 2 aromatic heterocycles. The summed E-state index contributed by atoms with van der Waals surface area (Å²) >= 11 is 7.14. The fourth-order valence-corrected chi connectivity index (χ4v) is 3.15. The minimum absolute atomic E-state index is 0.0636. The summed E-state index contributed by atoms with van der Waals surface area (Å²) in [6.45, 7) is 10.8. The van der Waals surface area contributed by atoms with Crippen LogP contribution in [0.2, 0.25) is 0 Å². The van der Waals surface area contributed by atoms with E-state index in [1.165, 1.54) is 10.6 Å². The molecule has 0 fully saturated rings.